The molecule has 34 heavy (non-hydrogen) atoms. The number of ether oxygens (including phenoxy) is 1. The van der Waals surface area contributed by atoms with E-state index in [1.807, 2.05) is 58.0 Å². The van der Waals surface area contributed by atoms with Gasteiger partial charge in [-0.1, -0.05) is 30.3 Å². The molecule has 178 valence electrons. The van der Waals surface area contributed by atoms with Gasteiger partial charge in [0.2, 0.25) is 0 Å². The van der Waals surface area contributed by atoms with E-state index in [4.69, 9.17) is 18.7 Å². The van der Waals surface area contributed by atoms with E-state index in [1.54, 1.807) is 0 Å². The van der Waals surface area contributed by atoms with Gasteiger partial charge in [0, 0.05) is 19.9 Å². The maximum Gasteiger partial charge on any atom is 0.494 e. The Kier molecular flexibility index (Phi) is 5.72. The van der Waals surface area contributed by atoms with Crippen molar-refractivity contribution in [3.63, 3.8) is 0 Å². The van der Waals surface area contributed by atoms with E-state index >= 15 is 0 Å². The molecule has 0 aromatic heterocycles. The van der Waals surface area contributed by atoms with Crippen LogP contribution in [0.5, 0.6) is 5.75 Å². The van der Waals surface area contributed by atoms with Crippen molar-refractivity contribution in [2.45, 2.75) is 70.1 Å². The lowest BCUT2D eigenvalue weighted by atomic mass is 9.62. The molecule has 2 aliphatic heterocycles. The summed E-state index contributed by atoms with van der Waals surface area (Å²) < 4.78 is 23.8. The van der Waals surface area contributed by atoms with Gasteiger partial charge >= 0.3 is 14.2 Å². The summed E-state index contributed by atoms with van der Waals surface area (Å²) in [6, 6.07) is 13.8. The molecule has 1 saturated carbocycles. The van der Waals surface area contributed by atoms with Crippen LogP contribution >= 0.6 is 0 Å². The van der Waals surface area contributed by atoms with Gasteiger partial charge in [-0.25, -0.2) is 0 Å². The molecule has 2 fully saturated rings. The fourth-order valence-corrected chi connectivity index (χ4v) is 5.14. The van der Waals surface area contributed by atoms with Crippen LogP contribution in [-0.4, -0.2) is 49.0 Å². The monoisotopic (exact) mass is 462 g/mol. The van der Waals surface area contributed by atoms with Gasteiger partial charge in [-0.3, -0.25) is 4.79 Å². The largest absolute Gasteiger partial charge is 0.494 e. The third-order valence-electron chi connectivity index (χ3n) is 8.12. The van der Waals surface area contributed by atoms with E-state index in [2.05, 4.69) is 12.1 Å². The maximum atomic E-state index is 13.2. The summed E-state index contributed by atoms with van der Waals surface area (Å²) in [5, 5.41) is 9.83. The Bertz CT molecular complexity index is 1080. The normalized spacial score (nSPS) is 26.4. The van der Waals surface area contributed by atoms with Crippen molar-refractivity contribution < 1.29 is 28.5 Å². The smallest absolute Gasteiger partial charge is 0.485 e. The van der Waals surface area contributed by atoms with Crippen molar-refractivity contribution >= 4 is 25.5 Å². The van der Waals surface area contributed by atoms with Gasteiger partial charge in [0.1, 0.15) is 11.4 Å². The fourth-order valence-electron chi connectivity index (χ4n) is 5.14. The van der Waals surface area contributed by atoms with Crippen LogP contribution in [0.3, 0.4) is 0 Å². The molecule has 0 bridgehead atoms. The molecule has 2 heterocycles. The zero-order valence-corrected chi connectivity index (χ0v) is 20.6. The highest BCUT2D eigenvalue weighted by atomic mass is 16.7. The molecule has 2 atom stereocenters. The number of hydrogen-bond acceptors (Lipinski definition) is 6. The number of ketones is 1. The van der Waals surface area contributed by atoms with Crippen molar-refractivity contribution in [1.29, 1.82) is 0 Å². The number of rotatable bonds is 6. The molecule has 0 amide bonds. The summed E-state index contributed by atoms with van der Waals surface area (Å²) in [7, 11) is 0.189. The first kappa shape index (κ1) is 23.6. The first-order valence-corrected chi connectivity index (χ1v) is 12.1. The van der Waals surface area contributed by atoms with Crippen LogP contribution in [0.2, 0.25) is 0 Å². The highest BCUT2D eigenvalue weighted by Crippen LogP contribution is 2.51. The van der Waals surface area contributed by atoms with Crippen LogP contribution < -0.4 is 10.2 Å². The summed E-state index contributed by atoms with van der Waals surface area (Å²) in [5.74, 6) is 0.633. The van der Waals surface area contributed by atoms with Crippen LogP contribution in [0.1, 0.15) is 62.0 Å². The van der Waals surface area contributed by atoms with Crippen molar-refractivity contribution in [2.75, 3.05) is 7.11 Å². The molecule has 1 aliphatic carbocycles. The first-order valence-electron chi connectivity index (χ1n) is 12.1. The van der Waals surface area contributed by atoms with Crippen LogP contribution in [0, 0.1) is 5.92 Å². The zero-order valence-electron chi connectivity index (χ0n) is 20.6. The second-order valence-electron chi connectivity index (χ2n) is 10.9. The average molecular weight is 462 g/mol. The first-order chi connectivity index (χ1) is 16.0. The highest BCUT2D eigenvalue weighted by Gasteiger charge is 2.56. The molecule has 2 unspecified atom stereocenters. The number of Topliss-reactive ketones (excluding diaryl/α,β-unsaturated/α-hetero) is 1. The molecule has 2 aromatic rings. The molecule has 0 spiro atoms. The molecule has 6 nitrogen and oxygen atoms in total. The Labute approximate surface area is 202 Å². The standard InChI is InChI=1S/C26H32B2O6/c1-24(2)25(3,4)34-28(33-24)19-9-6-17(7-10-19)15-26-13-12-21(26)23(29)20-11-8-18(14-22(20)32-26)16-27(30)31-5/h6-11,14,21,30H,12-13,15-16H2,1-5H3. The van der Waals surface area contributed by atoms with Gasteiger partial charge in [0.15, 0.2) is 5.78 Å². The zero-order chi connectivity index (χ0) is 24.3. The summed E-state index contributed by atoms with van der Waals surface area (Å²) in [6.45, 7) is 8.20. The van der Waals surface area contributed by atoms with E-state index in [1.165, 1.54) is 7.11 Å². The molecule has 3 aliphatic rings. The van der Waals surface area contributed by atoms with Gasteiger partial charge < -0.3 is 23.7 Å². The van der Waals surface area contributed by atoms with Crippen molar-refractivity contribution in [1.82, 2.24) is 0 Å². The van der Waals surface area contributed by atoms with Crippen molar-refractivity contribution in [2.24, 2.45) is 5.92 Å². The number of carbonyl (C=O) groups is 1. The minimum absolute atomic E-state index is 0.127. The van der Waals surface area contributed by atoms with Crippen LogP contribution in [0.4, 0.5) is 0 Å². The summed E-state index contributed by atoms with van der Waals surface area (Å²) in [6.07, 6.45) is 2.69. The summed E-state index contributed by atoms with van der Waals surface area (Å²) >= 11 is 0. The van der Waals surface area contributed by atoms with Crippen molar-refractivity contribution in [3.05, 3.63) is 59.2 Å². The van der Waals surface area contributed by atoms with Crippen LogP contribution in [0.25, 0.3) is 0 Å². The number of benzene rings is 2. The molecule has 0 radical (unpaired) electrons. The van der Waals surface area contributed by atoms with E-state index in [9.17, 15) is 9.82 Å². The molecule has 1 N–H and O–H groups in total. The highest BCUT2D eigenvalue weighted by molar-refractivity contribution is 6.62. The SMILES string of the molecule is COB(O)Cc1ccc2c(c1)OC1(Cc3ccc(B4OC(C)(C)C(C)(C)O4)cc3)CCC1C2=O. The van der Waals surface area contributed by atoms with Gasteiger partial charge in [0.05, 0.1) is 22.7 Å². The average Bonchev–Trinajstić information content (AvgIpc) is 2.99. The van der Waals surface area contributed by atoms with Gasteiger partial charge in [0.25, 0.3) is 0 Å². The predicted octanol–water partition coefficient (Wildman–Crippen LogP) is 3.16. The third kappa shape index (κ3) is 3.91. The minimum atomic E-state index is -0.884. The van der Waals surface area contributed by atoms with E-state index < -0.39 is 19.8 Å². The lowest BCUT2D eigenvalue weighted by Gasteiger charge is -2.51. The molecule has 5 rings (SSSR count). The lowest BCUT2D eigenvalue weighted by molar-refractivity contribution is -0.0631. The molecule has 1 saturated heterocycles. The molecule has 8 heteroatoms. The van der Waals surface area contributed by atoms with Gasteiger partial charge in [-0.2, -0.15) is 0 Å². The lowest BCUT2D eigenvalue weighted by Crippen LogP contribution is -2.59. The Hall–Kier alpha value is -2.12. The third-order valence-corrected chi connectivity index (χ3v) is 8.12. The number of fused-ring (bicyclic) bond motifs is 2. The van der Waals surface area contributed by atoms with Crippen molar-refractivity contribution in [3.8, 4) is 5.75 Å². The molecule has 2 aromatic carbocycles. The second-order valence-corrected chi connectivity index (χ2v) is 10.9. The quantitative estimate of drug-likeness (QED) is 0.666. The topological polar surface area (TPSA) is 74.2 Å². The van der Waals surface area contributed by atoms with E-state index in [0.717, 1.165) is 29.4 Å². The Morgan fingerprint density at radius 3 is 2.29 bits per heavy atom. The molecular weight excluding hydrogens is 430 g/mol. The second kappa shape index (κ2) is 8.23. The van der Waals surface area contributed by atoms with Crippen LogP contribution in [0.15, 0.2) is 42.5 Å². The van der Waals surface area contributed by atoms with E-state index in [-0.39, 0.29) is 22.9 Å². The summed E-state index contributed by atoms with van der Waals surface area (Å²) in [5.41, 5.74) is 2.33. The van der Waals surface area contributed by atoms with E-state index in [0.29, 0.717) is 24.1 Å². The Balaban J connectivity index is 1.34. The van der Waals surface area contributed by atoms with Gasteiger partial charge in [-0.05, 0) is 69.3 Å². The maximum absolute atomic E-state index is 13.2. The fraction of sp³-hybridized carbons (Fsp3) is 0.500. The summed E-state index contributed by atoms with van der Waals surface area (Å²) in [4.78, 5) is 13.2. The number of carbonyl (C=O) groups excluding carboxylic acids is 1. The Morgan fingerprint density at radius 1 is 1.06 bits per heavy atom. The van der Waals surface area contributed by atoms with Crippen LogP contribution in [-0.2, 0) is 26.7 Å². The van der Waals surface area contributed by atoms with Gasteiger partial charge in [-0.15, -0.1) is 0 Å². The number of hydrogen-bond donors (Lipinski definition) is 1. The Morgan fingerprint density at radius 2 is 1.71 bits per heavy atom. The predicted molar refractivity (Wildman–Crippen MR) is 131 cm³/mol. The minimum Gasteiger partial charge on any atom is -0.485 e. The molecular formula is C26H32B2O6.